The fourth-order valence-electron chi connectivity index (χ4n) is 0.110. The van der Waals surface area contributed by atoms with Crippen LogP contribution in [-0.4, -0.2) is 21.7 Å². The molecule has 1 atom stereocenters. The Morgan fingerprint density at radius 1 is 1.75 bits per heavy atom. The van der Waals surface area contributed by atoms with Gasteiger partial charge in [-0.2, -0.15) is 4.89 Å². The second-order valence-electron chi connectivity index (χ2n) is 0.905. The smallest absolute Gasteiger partial charge is 0.481 e. The van der Waals surface area contributed by atoms with Crippen molar-refractivity contribution < 1.29 is 19.4 Å². The van der Waals surface area contributed by atoms with Gasteiger partial charge in [-0.1, -0.05) is 0 Å². The highest BCUT2D eigenvalue weighted by Crippen LogP contribution is 2.31. The van der Waals surface area contributed by atoms with E-state index < -0.39 is 13.2 Å². The highest BCUT2D eigenvalue weighted by Gasteiger charge is 2.14. The Balaban J connectivity index is 3.18. The van der Waals surface area contributed by atoms with Crippen LogP contribution in [-0.2, 0) is 9.36 Å². The molecule has 0 aliphatic heterocycles. The van der Waals surface area contributed by atoms with Crippen LogP contribution in [0.5, 0.6) is 0 Å². The van der Waals surface area contributed by atoms with E-state index in [-0.39, 0.29) is 5.75 Å². The first kappa shape index (κ1) is 7.88. The maximum absolute atomic E-state index is 9.75. The van der Waals surface area contributed by atoms with E-state index in [2.05, 4.69) is 0 Å². The molecule has 0 saturated carbocycles. The molecule has 0 amide bonds. The monoisotopic (exact) mass is 155 g/mol. The molecular weight excluding hydrogens is 151 g/mol. The summed E-state index contributed by atoms with van der Waals surface area (Å²) in [4.78, 5) is 17.7. The van der Waals surface area contributed by atoms with E-state index in [4.69, 9.17) is 10.00 Å². The lowest BCUT2D eigenvalue weighted by Gasteiger charge is -1.75. The SMILES string of the molecule is O=C(O)CS[P+](=O)O. The third-order valence-corrected chi connectivity index (χ3v) is 1.95. The fourth-order valence-corrected chi connectivity index (χ4v) is 0.994. The minimum atomic E-state index is -2.35. The lowest BCUT2D eigenvalue weighted by Crippen LogP contribution is -1.95. The van der Waals surface area contributed by atoms with Gasteiger partial charge in [0.25, 0.3) is 0 Å². The van der Waals surface area contributed by atoms with Crippen LogP contribution < -0.4 is 0 Å². The number of hydrogen-bond acceptors (Lipinski definition) is 3. The molecule has 0 spiro atoms. The molecule has 0 aromatic rings. The molecule has 2 N–H and O–H groups in total. The third kappa shape index (κ3) is 5.88. The predicted octanol–water partition coefficient (Wildman–Crippen LogP) is 0.454. The van der Waals surface area contributed by atoms with Crippen LogP contribution in [0.3, 0.4) is 0 Å². The number of rotatable bonds is 3. The quantitative estimate of drug-likeness (QED) is 0.579. The molecule has 0 saturated heterocycles. The Morgan fingerprint density at radius 3 is 2.38 bits per heavy atom. The van der Waals surface area contributed by atoms with Gasteiger partial charge in [-0.15, -0.1) is 0 Å². The Kier molecular flexibility index (Phi) is 3.77. The molecule has 0 rings (SSSR count). The van der Waals surface area contributed by atoms with Gasteiger partial charge in [0, 0.05) is 0 Å². The first-order chi connectivity index (χ1) is 3.63. The van der Waals surface area contributed by atoms with Gasteiger partial charge in [-0.05, 0) is 4.57 Å². The molecule has 1 unspecified atom stereocenters. The molecule has 0 aliphatic rings. The molecule has 0 radical (unpaired) electrons. The zero-order valence-electron chi connectivity index (χ0n) is 3.77. The van der Waals surface area contributed by atoms with Gasteiger partial charge in [-0.25, -0.2) is 0 Å². The number of carboxylic acids is 1. The number of carboxylic acid groups (broad SMARTS) is 1. The van der Waals surface area contributed by atoms with E-state index in [1.54, 1.807) is 0 Å². The highest BCUT2D eigenvalue weighted by atomic mass is 32.7. The Labute approximate surface area is 50.5 Å². The molecule has 0 aromatic carbocycles. The first-order valence-corrected chi connectivity index (χ1v) is 4.44. The standard InChI is InChI=1S/C2H3O4PS/c3-2(4)1-8-7(5)6/h1H2,(H-,3,4,5,6)/p+1. The first-order valence-electron chi connectivity index (χ1n) is 1.64. The lowest BCUT2D eigenvalue weighted by atomic mass is 10.8. The van der Waals surface area contributed by atoms with Crippen LogP contribution in [0.25, 0.3) is 0 Å². The summed E-state index contributed by atoms with van der Waals surface area (Å²) in [5.41, 5.74) is 0. The summed E-state index contributed by atoms with van der Waals surface area (Å²) in [5.74, 6) is -1.39. The van der Waals surface area contributed by atoms with Crippen molar-refractivity contribution in [2.24, 2.45) is 0 Å². The molecule has 8 heavy (non-hydrogen) atoms. The summed E-state index contributed by atoms with van der Waals surface area (Å²) in [6.07, 6.45) is 0. The summed E-state index contributed by atoms with van der Waals surface area (Å²) >= 11 is 0.505. The van der Waals surface area contributed by atoms with Crippen molar-refractivity contribution in [3.05, 3.63) is 0 Å². The van der Waals surface area contributed by atoms with Gasteiger partial charge in [0.2, 0.25) is 0 Å². The molecule has 0 heterocycles. The minimum absolute atomic E-state index is 0.314. The maximum Gasteiger partial charge on any atom is 0.583 e. The van der Waals surface area contributed by atoms with Gasteiger partial charge >= 0.3 is 13.2 Å². The third-order valence-electron chi connectivity index (χ3n) is 0.298. The molecular formula is C2H4O4PS+. The summed E-state index contributed by atoms with van der Waals surface area (Å²) < 4.78 is 9.75. The van der Waals surface area contributed by atoms with Crippen LogP contribution in [0, 0.1) is 0 Å². The lowest BCUT2D eigenvalue weighted by molar-refractivity contribution is -0.133. The van der Waals surface area contributed by atoms with Crippen molar-refractivity contribution in [1.82, 2.24) is 0 Å². The second-order valence-corrected chi connectivity index (χ2v) is 3.64. The van der Waals surface area contributed by atoms with E-state index in [0.717, 1.165) is 0 Å². The Hall–Kier alpha value is -0.120. The fraction of sp³-hybridized carbons (Fsp3) is 0.500. The van der Waals surface area contributed by atoms with Crippen molar-refractivity contribution in [2.75, 3.05) is 5.75 Å². The molecule has 46 valence electrons. The topological polar surface area (TPSA) is 74.6 Å². The van der Waals surface area contributed by atoms with E-state index >= 15 is 0 Å². The zero-order chi connectivity index (χ0) is 6.57. The molecule has 0 aromatic heterocycles. The number of carbonyl (C=O) groups is 1. The average molecular weight is 155 g/mol. The molecule has 0 fully saturated rings. The van der Waals surface area contributed by atoms with Crippen molar-refractivity contribution >= 4 is 24.6 Å². The van der Waals surface area contributed by atoms with E-state index in [0.29, 0.717) is 11.4 Å². The second kappa shape index (κ2) is 3.83. The largest absolute Gasteiger partial charge is 0.583 e. The highest BCUT2D eigenvalue weighted by molar-refractivity contribution is 8.50. The van der Waals surface area contributed by atoms with Crippen molar-refractivity contribution in [3.63, 3.8) is 0 Å². The van der Waals surface area contributed by atoms with Crippen LogP contribution in [0.2, 0.25) is 0 Å². The normalized spacial score (nSPS) is 10.9. The van der Waals surface area contributed by atoms with Gasteiger partial charge in [-0.3, -0.25) is 4.79 Å². The van der Waals surface area contributed by atoms with E-state index in [1.807, 2.05) is 0 Å². The van der Waals surface area contributed by atoms with Crippen molar-refractivity contribution in [2.45, 2.75) is 0 Å². The van der Waals surface area contributed by atoms with Crippen LogP contribution in [0.4, 0.5) is 0 Å². The van der Waals surface area contributed by atoms with E-state index in [1.165, 1.54) is 0 Å². The Bertz CT molecular complexity index is 98.6. The minimum Gasteiger partial charge on any atom is -0.481 e. The summed E-state index contributed by atoms with van der Waals surface area (Å²) in [5, 5.41) is 7.90. The van der Waals surface area contributed by atoms with Crippen LogP contribution >= 0.6 is 18.6 Å². The molecule has 0 bridgehead atoms. The maximum atomic E-state index is 9.75. The van der Waals surface area contributed by atoms with Gasteiger partial charge in [0.05, 0.1) is 0 Å². The summed E-state index contributed by atoms with van der Waals surface area (Å²) in [7, 11) is -2.35. The molecule has 4 nitrogen and oxygen atoms in total. The Morgan fingerprint density at radius 2 is 2.25 bits per heavy atom. The van der Waals surface area contributed by atoms with Gasteiger partial charge in [0.1, 0.15) is 5.75 Å². The average Bonchev–Trinajstić information content (AvgIpc) is 1.61. The summed E-state index contributed by atoms with van der Waals surface area (Å²) in [6, 6.07) is 0. The number of aliphatic carboxylic acids is 1. The molecule has 6 heteroatoms. The zero-order valence-corrected chi connectivity index (χ0v) is 5.48. The van der Waals surface area contributed by atoms with Crippen LogP contribution in [0.1, 0.15) is 0 Å². The number of hydrogen-bond donors (Lipinski definition) is 2. The van der Waals surface area contributed by atoms with Crippen molar-refractivity contribution in [3.8, 4) is 0 Å². The predicted molar refractivity (Wildman–Crippen MR) is 29.9 cm³/mol. The van der Waals surface area contributed by atoms with Gasteiger partial charge < -0.3 is 5.11 Å². The van der Waals surface area contributed by atoms with Crippen LogP contribution in [0.15, 0.2) is 0 Å². The van der Waals surface area contributed by atoms with E-state index in [9.17, 15) is 9.36 Å². The van der Waals surface area contributed by atoms with Crippen molar-refractivity contribution in [1.29, 1.82) is 0 Å². The van der Waals surface area contributed by atoms with Gasteiger partial charge in [0.15, 0.2) is 11.4 Å². The summed E-state index contributed by atoms with van der Waals surface area (Å²) in [6.45, 7) is 0. The molecule has 0 aliphatic carbocycles.